The minimum absolute atomic E-state index is 0.478. The lowest BCUT2D eigenvalue weighted by molar-refractivity contribution is 1.17. The van der Waals surface area contributed by atoms with Crippen LogP contribution in [0.25, 0.3) is 16.3 Å². The summed E-state index contributed by atoms with van der Waals surface area (Å²) < 4.78 is 1.90. The molecule has 0 atom stereocenters. The molecule has 3 aromatic carbocycles. The maximum Gasteiger partial charge on any atom is 0.150 e. The number of hydrogen-bond donors (Lipinski definition) is 2. The molecule has 5 nitrogen and oxygen atoms in total. The number of benzene rings is 3. The van der Waals surface area contributed by atoms with Crippen molar-refractivity contribution in [3.63, 3.8) is 0 Å². The summed E-state index contributed by atoms with van der Waals surface area (Å²) in [6, 6.07) is 29.1. The lowest BCUT2D eigenvalue weighted by Crippen LogP contribution is -1.97. The summed E-state index contributed by atoms with van der Waals surface area (Å²) in [5, 5.41) is 28.8. The zero-order valence-corrected chi connectivity index (χ0v) is 17.6. The van der Waals surface area contributed by atoms with Crippen molar-refractivity contribution in [3.8, 4) is 12.1 Å². The average molecular weight is 434 g/mol. The molecule has 0 saturated carbocycles. The second-order valence-corrected chi connectivity index (χ2v) is 7.71. The predicted molar refractivity (Wildman–Crippen MR) is 129 cm³/mol. The molecule has 0 radical (unpaired) electrons. The van der Waals surface area contributed by atoms with Crippen LogP contribution in [-0.2, 0) is 0 Å². The van der Waals surface area contributed by atoms with Crippen LogP contribution in [-0.4, -0.2) is 4.40 Å². The van der Waals surface area contributed by atoms with Crippen LogP contribution < -0.4 is 10.6 Å². The Labute approximate surface area is 189 Å². The van der Waals surface area contributed by atoms with Crippen molar-refractivity contribution in [3.05, 3.63) is 101 Å². The average Bonchev–Trinajstić information content (AvgIpc) is 3.13. The fourth-order valence-corrected chi connectivity index (χ4v) is 3.95. The third-order valence-electron chi connectivity index (χ3n) is 5.33. The van der Waals surface area contributed by atoms with Gasteiger partial charge in [0, 0.05) is 28.0 Å². The molecule has 6 heteroatoms. The van der Waals surface area contributed by atoms with E-state index in [1.807, 2.05) is 77.3 Å². The van der Waals surface area contributed by atoms with Gasteiger partial charge in [0.25, 0.3) is 0 Å². The second-order valence-electron chi connectivity index (χ2n) is 7.28. The Kier molecular flexibility index (Phi) is 4.88. The van der Waals surface area contributed by atoms with E-state index in [1.165, 1.54) is 0 Å². The molecule has 2 N–H and O–H groups in total. The van der Waals surface area contributed by atoms with Crippen molar-refractivity contribution in [2.24, 2.45) is 0 Å². The Hall–Kier alpha value is -4.45. The molecule has 32 heavy (non-hydrogen) atoms. The van der Waals surface area contributed by atoms with E-state index in [0.717, 1.165) is 33.4 Å². The fourth-order valence-electron chi connectivity index (χ4n) is 3.82. The Morgan fingerprint density at radius 1 is 0.719 bits per heavy atom. The van der Waals surface area contributed by atoms with Crippen LogP contribution >= 0.6 is 11.6 Å². The largest absolute Gasteiger partial charge is 0.352 e. The summed E-state index contributed by atoms with van der Waals surface area (Å²) in [4.78, 5) is 0. The number of nitrogens with one attached hydrogen (secondary N) is 2. The smallest absolute Gasteiger partial charge is 0.150 e. The third-order valence-corrected chi connectivity index (χ3v) is 5.58. The summed E-state index contributed by atoms with van der Waals surface area (Å²) in [6.45, 7) is 0. The first-order valence-electron chi connectivity index (χ1n) is 9.93. The number of aromatic nitrogens is 1. The van der Waals surface area contributed by atoms with Crippen molar-refractivity contribution in [1.82, 2.24) is 4.40 Å². The monoisotopic (exact) mass is 433 g/mol. The van der Waals surface area contributed by atoms with Gasteiger partial charge < -0.3 is 15.0 Å². The standard InChI is InChI=1S/C26H16ClN5/c27-19-7-11-21(12-8-19)31-25-24(30-20-9-5-17(15-28)6-10-20)23(16-29)32-14-13-18-3-1-2-4-22(18)26(25)32/h1-14,30-31H. The molecule has 5 rings (SSSR count). The third kappa shape index (κ3) is 3.37. The van der Waals surface area contributed by atoms with Crippen molar-refractivity contribution in [2.75, 3.05) is 10.6 Å². The first-order valence-corrected chi connectivity index (χ1v) is 10.3. The molecular weight excluding hydrogens is 418 g/mol. The molecule has 152 valence electrons. The van der Waals surface area contributed by atoms with Gasteiger partial charge in [0.1, 0.15) is 11.8 Å². The van der Waals surface area contributed by atoms with Crippen LogP contribution in [0.2, 0.25) is 5.02 Å². The molecular formula is C26H16ClN5. The number of anilines is 4. The molecule has 0 aliphatic carbocycles. The Morgan fingerprint density at radius 3 is 2.06 bits per heavy atom. The summed E-state index contributed by atoms with van der Waals surface area (Å²) in [5.74, 6) is 0. The van der Waals surface area contributed by atoms with Gasteiger partial charge in [0.15, 0.2) is 5.69 Å². The number of pyridine rings is 1. The molecule has 0 saturated heterocycles. The number of rotatable bonds is 4. The SMILES string of the molecule is N#Cc1ccc(Nc2c(Nc3ccc(Cl)cc3)c3c4ccccc4ccn3c2C#N)cc1. The summed E-state index contributed by atoms with van der Waals surface area (Å²) in [5.41, 5.74) is 5.01. The normalized spacial score (nSPS) is 10.6. The Balaban J connectivity index is 1.76. The van der Waals surface area contributed by atoms with E-state index < -0.39 is 0 Å². The van der Waals surface area contributed by atoms with Gasteiger partial charge >= 0.3 is 0 Å². The number of nitrogens with zero attached hydrogens (tertiary/aromatic N) is 3. The van der Waals surface area contributed by atoms with E-state index in [0.29, 0.717) is 22.0 Å². The predicted octanol–water partition coefficient (Wildman–Crippen LogP) is 6.98. The zero-order valence-electron chi connectivity index (χ0n) is 16.8. The fraction of sp³-hybridized carbons (Fsp3) is 0. The molecule has 0 fully saturated rings. The second kappa shape index (κ2) is 8.00. The molecule has 2 heterocycles. The van der Waals surface area contributed by atoms with E-state index in [-0.39, 0.29) is 0 Å². The van der Waals surface area contributed by atoms with E-state index >= 15 is 0 Å². The number of hydrogen-bond acceptors (Lipinski definition) is 4. The minimum atomic E-state index is 0.478. The van der Waals surface area contributed by atoms with Gasteiger partial charge in [-0.05, 0) is 60.0 Å². The molecule has 0 spiro atoms. The molecule has 2 aromatic heterocycles. The van der Waals surface area contributed by atoms with Gasteiger partial charge in [-0.3, -0.25) is 0 Å². The van der Waals surface area contributed by atoms with Crippen molar-refractivity contribution < 1.29 is 0 Å². The van der Waals surface area contributed by atoms with Gasteiger partial charge in [-0.25, -0.2) is 0 Å². The minimum Gasteiger partial charge on any atom is -0.352 e. The van der Waals surface area contributed by atoms with E-state index in [9.17, 15) is 5.26 Å². The van der Waals surface area contributed by atoms with Gasteiger partial charge in [-0.1, -0.05) is 35.9 Å². The summed E-state index contributed by atoms with van der Waals surface area (Å²) >= 11 is 6.07. The van der Waals surface area contributed by atoms with Gasteiger partial charge in [0.2, 0.25) is 0 Å². The molecule has 0 aliphatic heterocycles. The first-order chi connectivity index (χ1) is 15.7. The van der Waals surface area contributed by atoms with Gasteiger partial charge in [-0.2, -0.15) is 10.5 Å². The van der Waals surface area contributed by atoms with Crippen LogP contribution in [0.3, 0.4) is 0 Å². The van der Waals surface area contributed by atoms with Crippen LogP contribution in [0.15, 0.2) is 85.1 Å². The molecule has 0 amide bonds. The number of nitriles is 2. The number of halogens is 1. The highest BCUT2D eigenvalue weighted by Gasteiger charge is 2.21. The van der Waals surface area contributed by atoms with Gasteiger partial charge in [-0.15, -0.1) is 0 Å². The van der Waals surface area contributed by atoms with Crippen LogP contribution in [0.4, 0.5) is 22.7 Å². The lowest BCUT2D eigenvalue weighted by atomic mass is 10.1. The summed E-state index contributed by atoms with van der Waals surface area (Å²) in [7, 11) is 0. The molecule has 5 aromatic rings. The molecule has 0 unspecified atom stereocenters. The van der Waals surface area contributed by atoms with Crippen molar-refractivity contribution >= 4 is 50.6 Å². The van der Waals surface area contributed by atoms with Crippen LogP contribution in [0, 0.1) is 22.7 Å². The van der Waals surface area contributed by atoms with E-state index in [4.69, 9.17) is 16.9 Å². The van der Waals surface area contributed by atoms with E-state index in [1.54, 1.807) is 12.1 Å². The number of fused-ring (bicyclic) bond motifs is 3. The highest BCUT2D eigenvalue weighted by molar-refractivity contribution is 6.30. The first kappa shape index (κ1) is 19.5. The van der Waals surface area contributed by atoms with Crippen LogP contribution in [0.5, 0.6) is 0 Å². The van der Waals surface area contributed by atoms with E-state index in [2.05, 4.69) is 22.8 Å². The maximum atomic E-state index is 10.1. The Morgan fingerprint density at radius 2 is 1.38 bits per heavy atom. The van der Waals surface area contributed by atoms with Crippen LogP contribution in [0.1, 0.15) is 11.3 Å². The van der Waals surface area contributed by atoms with Crippen molar-refractivity contribution in [1.29, 1.82) is 10.5 Å². The maximum absolute atomic E-state index is 10.1. The topological polar surface area (TPSA) is 76.1 Å². The quantitative estimate of drug-likeness (QED) is 0.320. The Bertz CT molecular complexity index is 1540. The van der Waals surface area contributed by atoms with Crippen molar-refractivity contribution in [2.45, 2.75) is 0 Å². The van der Waals surface area contributed by atoms with Gasteiger partial charge in [0.05, 0.1) is 22.8 Å². The lowest BCUT2D eigenvalue weighted by Gasteiger charge is -2.12. The highest BCUT2D eigenvalue weighted by atomic mass is 35.5. The molecule has 0 aliphatic rings. The summed E-state index contributed by atoms with van der Waals surface area (Å²) in [6.07, 6.45) is 1.91. The highest BCUT2D eigenvalue weighted by Crippen LogP contribution is 2.41. The zero-order chi connectivity index (χ0) is 22.1. The molecule has 0 bridgehead atoms.